The van der Waals surface area contributed by atoms with Crippen LogP contribution < -0.4 is 0 Å². The zero-order chi connectivity index (χ0) is 18.0. The molecule has 0 aliphatic carbocycles. The predicted octanol–water partition coefficient (Wildman–Crippen LogP) is 2.96. The Kier molecular flexibility index (Phi) is 4.69. The predicted molar refractivity (Wildman–Crippen MR) is 95.9 cm³/mol. The topological polar surface area (TPSA) is 68.1 Å². The molecule has 0 aliphatic heterocycles. The minimum absolute atomic E-state index is 0.295. The van der Waals surface area contributed by atoms with Crippen molar-refractivity contribution in [2.75, 3.05) is 7.05 Å². The van der Waals surface area contributed by atoms with Gasteiger partial charge in [-0.15, -0.1) is 0 Å². The average Bonchev–Trinajstić information content (AvgIpc) is 3.15. The minimum atomic E-state index is -3.55. The van der Waals surface area contributed by atoms with E-state index in [0.717, 1.165) is 16.8 Å². The normalized spacial score (nSPS) is 13.1. The molecular formula is C18H20N4O2S. The first kappa shape index (κ1) is 17.3. The van der Waals surface area contributed by atoms with E-state index in [1.54, 1.807) is 42.3 Å². The Morgan fingerprint density at radius 1 is 1.04 bits per heavy atom. The maximum Gasteiger partial charge on any atom is 0.243 e. The summed E-state index contributed by atoms with van der Waals surface area (Å²) in [6.07, 6.45) is 3.09. The smallest absolute Gasteiger partial charge is 0.223 e. The van der Waals surface area contributed by atoms with Gasteiger partial charge in [0.15, 0.2) is 0 Å². The van der Waals surface area contributed by atoms with Crippen LogP contribution in [0.15, 0.2) is 66.1 Å². The summed E-state index contributed by atoms with van der Waals surface area (Å²) in [7, 11) is -1.95. The van der Waals surface area contributed by atoms with E-state index in [-0.39, 0.29) is 6.04 Å². The average molecular weight is 356 g/mol. The van der Waals surface area contributed by atoms with Crippen molar-refractivity contribution in [1.29, 1.82) is 0 Å². The van der Waals surface area contributed by atoms with Gasteiger partial charge in [-0.3, -0.25) is 0 Å². The zero-order valence-corrected chi connectivity index (χ0v) is 15.2. The summed E-state index contributed by atoms with van der Waals surface area (Å²) in [6.45, 7) is 3.80. The molecular weight excluding hydrogens is 336 g/mol. The highest BCUT2D eigenvalue weighted by Gasteiger charge is 2.26. The van der Waals surface area contributed by atoms with E-state index in [4.69, 9.17) is 0 Å². The largest absolute Gasteiger partial charge is 0.243 e. The van der Waals surface area contributed by atoms with Gasteiger partial charge in [-0.25, -0.2) is 18.1 Å². The third-order valence-corrected chi connectivity index (χ3v) is 6.24. The number of nitrogens with zero attached hydrogens (tertiary/aromatic N) is 4. The zero-order valence-electron chi connectivity index (χ0n) is 14.4. The van der Waals surface area contributed by atoms with Crippen LogP contribution in [0.2, 0.25) is 0 Å². The monoisotopic (exact) mass is 356 g/mol. The van der Waals surface area contributed by atoms with Crippen LogP contribution in [0.3, 0.4) is 0 Å². The fourth-order valence-corrected chi connectivity index (χ4v) is 3.89. The van der Waals surface area contributed by atoms with Crippen molar-refractivity contribution in [2.24, 2.45) is 0 Å². The van der Waals surface area contributed by atoms with E-state index in [9.17, 15) is 8.42 Å². The molecule has 1 heterocycles. The Morgan fingerprint density at radius 3 is 2.24 bits per heavy atom. The molecule has 0 aliphatic rings. The lowest BCUT2D eigenvalue weighted by Gasteiger charge is -2.25. The molecule has 3 rings (SSSR count). The van der Waals surface area contributed by atoms with Crippen LogP contribution in [-0.4, -0.2) is 34.5 Å². The summed E-state index contributed by atoms with van der Waals surface area (Å²) in [5.74, 6) is 0. The fourth-order valence-electron chi connectivity index (χ4n) is 2.54. The van der Waals surface area contributed by atoms with Crippen molar-refractivity contribution in [3.05, 3.63) is 72.3 Å². The number of rotatable bonds is 5. The van der Waals surface area contributed by atoms with Gasteiger partial charge in [-0.2, -0.15) is 9.40 Å². The van der Waals surface area contributed by atoms with Crippen LogP contribution in [0.4, 0.5) is 0 Å². The molecule has 0 bridgehead atoms. The van der Waals surface area contributed by atoms with E-state index in [1.807, 2.05) is 38.1 Å². The molecule has 0 fully saturated rings. The second-order valence-electron chi connectivity index (χ2n) is 5.94. The standard InChI is InChI=1S/C18H20N4O2S/c1-14-4-10-18(11-5-14)25(23,24)21(3)15(2)16-6-8-17(9-7-16)22-13-19-12-20-22/h4-13,15H,1-3H3. The van der Waals surface area contributed by atoms with Gasteiger partial charge in [0.1, 0.15) is 12.7 Å². The highest BCUT2D eigenvalue weighted by Crippen LogP contribution is 2.26. The maximum absolute atomic E-state index is 12.8. The molecule has 0 amide bonds. The van der Waals surface area contributed by atoms with Crippen molar-refractivity contribution in [2.45, 2.75) is 24.8 Å². The van der Waals surface area contributed by atoms with Crippen LogP contribution in [0.25, 0.3) is 5.69 Å². The molecule has 2 aromatic carbocycles. The van der Waals surface area contributed by atoms with Crippen molar-refractivity contribution in [1.82, 2.24) is 19.1 Å². The van der Waals surface area contributed by atoms with Gasteiger partial charge < -0.3 is 0 Å². The molecule has 3 aromatic rings. The highest BCUT2D eigenvalue weighted by molar-refractivity contribution is 7.89. The maximum atomic E-state index is 12.8. The molecule has 6 nitrogen and oxygen atoms in total. The second kappa shape index (κ2) is 6.78. The molecule has 25 heavy (non-hydrogen) atoms. The summed E-state index contributed by atoms with van der Waals surface area (Å²) in [6, 6.07) is 14.2. The quantitative estimate of drug-likeness (QED) is 0.705. The third kappa shape index (κ3) is 3.47. The summed E-state index contributed by atoms with van der Waals surface area (Å²) in [5.41, 5.74) is 2.80. The van der Waals surface area contributed by atoms with Gasteiger partial charge in [0.2, 0.25) is 10.0 Å². The molecule has 1 unspecified atom stereocenters. The first-order valence-corrected chi connectivity index (χ1v) is 9.33. The Hall–Kier alpha value is -2.51. The Labute approximate surface area is 147 Å². The van der Waals surface area contributed by atoms with Gasteiger partial charge in [0.25, 0.3) is 0 Å². The van der Waals surface area contributed by atoms with E-state index < -0.39 is 10.0 Å². The first-order chi connectivity index (χ1) is 11.9. The number of benzene rings is 2. The van der Waals surface area contributed by atoms with Crippen LogP contribution in [0, 0.1) is 6.92 Å². The molecule has 0 radical (unpaired) electrons. The van der Waals surface area contributed by atoms with Crippen LogP contribution in [-0.2, 0) is 10.0 Å². The second-order valence-corrected chi connectivity index (χ2v) is 7.94. The molecule has 0 spiro atoms. The molecule has 0 saturated carbocycles. The lowest BCUT2D eigenvalue weighted by Crippen LogP contribution is -2.29. The number of sulfonamides is 1. The summed E-state index contributed by atoms with van der Waals surface area (Å²) in [5, 5.41) is 4.08. The van der Waals surface area contributed by atoms with E-state index in [0.29, 0.717) is 4.90 Å². The molecule has 130 valence electrons. The van der Waals surface area contributed by atoms with Gasteiger partial charge in [-0.05, 0) is 43.7 Å². The van der Waals surface area contributed by atoms with E-state index in [2.05, 4.69) is 10.1 Å². The number of aryl methyl sites for hydroxylation is 1. The molecule has 7 heteroatoms. The Bertz CT molecular complexity index is 934. The van der Waals surface area contributed by atoms with E-state index >= 15 is 0 Å². The number of aromatic nitrogens is 3. The minimum Gasteiger partial charge on any atom is -0.223 e. The van der Waals surface area contributed by atoms with Crippen LogP contribution in [0.5, 0.6) is 0 Å². The lowest BCUT2D eigenvalue weighted by molar-refractivity contribution is 0.398. The van der Waals surface area contributed by atoms with Gasteiger partial charge in [0.05, 0.1) is 10.6 Å². The van der Waals surface area contributed by atoms with Crippen molar-refractivity contribution in [3.63, 3.8) is 0 Å². The van der Waals surface area contributed by atoms with Crippen LogP contribution in [0.1, 0.15) is 24.1 Å². The first-order valence-electron chi connectivity index (χ1n) is 7.89. The fraction of sp³-hybridized carbons (Fsp3) is 0.222. The summed E-state index contributed by atoms with van der Waals surface area (Å²) in [4.78, 5) is 4.22. The SMILES string of the molecule is Cc1ccc(S(=O)(=O)N(C)C(C)c2ccc(-n3cncn3)cc2)cc1. The van der Waals surface area contributed by atoms with Gasteiger partial charge >= 0.3 is 0 Å². The summed E-state index contributed by atoms with van der Waals surface area (Å²) >= 11 is 0. The van der Waals surface area contributed by atoms with Crippen molar-refractivity contribution < 1.29 is 8.42 Å². The van der Waals surface area contributed by atoms with E-state index in [1.165, 1.54) is 10.6 Å². The molecule has 1 atom stereocenters. The molecule has 1 aromatic heterocycles. The highest BCUT2D eigenvalue weighted by atomic mass is 32.2. The van der Waals surface area contributed by atoms with Crippen molar-refractivity contribution >= 4 is 10.0 Å². The van der Waals surface area contributed by atoms with Gasteiger partial charge in [-0.1, -0.05) is 29.8 Å². The van der Waals surface area contributed by atoms with Crippen LogP contribution >= 0.6 is 0 Å². The lowest BCUT2D eigenvalue weighted by atomic mass is 10.1. The number of hydrogen-bond acceptors (Lipinski definition) is 4. The number of hydrogen-bond donors (Lipinski definition) is 0. The summed E-state index contributed by atoms with van der Waals surface area (Å²) < 4.78 is 28.7. The molecule has 0 saturated heterocycles. The Balaban J connectivity index is 1.84. The molecule has 0 N–H and O–H groups in total. The van der Waals surface area contributed by atoms with Crippen molar-refractivity contribution in [3.8, 4) is 5.69 Å². The Morgan fingerprint density at radius 2 is 1.68 bits per heavy atom. The van der Waals surface area contributed by atoms with Gasteiger partial charge in [0, 0.05) is 13.1 Å². The third-order valence-electron chi connectivity index (χ3n) is 4.30.